The Morgan fingerprint density at radius 1 is 1.40 bits per heavy atom. The lowest BCUT2D eigenvalue weighted by molar-refractivity contribution is 0.0690. The van der Waals surface area contributed by atoms with E-state index in [0.717, 1.165) is 6.07 Å². The molecule has 5 nitrogen and oxygen atoms in total. The van der Waals surface area contributed by atoms with Gasteiger partial charge in [0, 0.05) is 24.8 Å². The van der Waals surface area contributed by atoms with E-state index in [1.54, 1.807) is 0 Å². The Bertz CT molecular complexity index is 456. The fraction of sp³-hybridized carbons (Fsp3) is 0.571. The minimum absolute atomic E-state index is 0.253. The summed E-state index contributed by atoms with van der Waals surface area (Å²) in [6.45, 7) is 9.17. The fourth-order valence-electron chi connectivity index (χ4n) is 2.05. The number of ether oxygens (including phenoxy) is 1. The van der Waals surface area contributed by atoms with Gasteiger partial charge in [0.05, 0.1) is 0 Å². The maximum Gasteiger partial charge on any atom is 0.338 e. The molecule has 0 fully saturated rings. The van der Waals surface area contributed by atoms with E-state index in [1.165, 1.54) is 6.20 Å². The van der Waals surface area contributed by atoms with Crippen LogP contribution in [0.4, 0.5) is 4.39 Å². The minimum Gasteiger partial charge on any atom is -0.478 e. The van der Waals surface area contributed by atoms with Crippen molar-refractivity contribution in [1.29, 1.82) is 0 Å². The lowest BCUT2D eigenvalue weighted by Crippen LogP contribution is -2.39. The van der Waals surface area contributed by atoms with Crippen molar-refractivity contribution in [2.45, 2.75) is 39.8 Å². The number of carboxylic acids is 1. The van der Waals surface area contributed by atoms with E-state index in [4.69, 9.17) is 9.84 Å². The fourth-order valence-corrected chi connectivity index (χ4v) is 2.05. The zero-order valence-corrected chi connectivity index (χ0v) is 12.3. The highest BCUT2D eigenvalue weighted by atomic mass is 19.1. The number of pyridine rings is 1. The normalized spacial score (nSPS) is 11.4. The largest absolute Gasteiger partial charge is 0.478 e. The first-order valence-electron chi connectivity index (χ1n) is 6.61. The van der Waals surface area contributed by atoms with Crippen LogP contribution in [-0.4, -0.2) is 46.2 Å². The maximum atomic E-state index is 13.8. The maximum absolute atomic E-state index is 13.8. The Morgan fingerprint density at radius 2 is 2.00 bits per heavy atom. The monoisotopic (exact) mass is 284 g/mol. The van der Waals surface area contributed by atoms with Crippen LogP contribution >= 0.6 is 0 Å². The molecule has 1 rings (SSSR count). The first-order valence-corrected chi connectivity index (χ1v) is 6.61. The SMILES string of the molecule is CC(C)N(CCOc1nccc(C(=O)O)c1F)C(C)C. The van der Waals surface area contributed by atoms with E-state index in [1.807, 2.05) is 0 Å². The second kappa shape index (κ2) is 7.19. The van der Waals surface area contributed by atoms with Crippen LogP contribution in [0.25, 0.3) is 0 Å². The number of aromatic carboxylic acids is 1. The van der Waals surface area contributed by atoms with Crippen molar-refractivity contribution < 1.29 is 19.0 Å². The molecule has 0 saturated heterocycles. The molecule has 0 aliphatic carbocycles. The van der Waals surface area contributed by atoms with Gasteiger partial charge < -0.3 is 9.84 Å². The van der Waals surface area contributed by atoms with Crippen LogP contribution < -0.4 is 4.74 Å². The third-order valence-electron chi connectivity index (χ3n) is 3.00. The summed E-state index contributed by atoms with van der Waals surface area (Å²) in [4.78, 5) is 16.7. The molecule has 1 aromatic heterocycles. The van der Waals surface area contributed by atoms with Gasteiger partial charge in [-0.05, 0) is 33.8 Å². The zero-order valence-electron chi connectivity index (χ0n) is 12.3. The standard InChI is InChI=1S/C14H21FN2O3/c1-9(2)17(10(3)4)7-8-20-13-12(15)11(14(18)19)5-6-16-13/h5-6,9-10H,7-8H2,1-4H3,(H,18,19). The van der Waals surface area contributed by atoms with Crippen molar-refractivity contribution >= 4 is 5.97 Å². The topological polar surface area (TPSA) is 62.7 Å². The van der Waals surface area contributed by atoms with Gasteiger partial charge in [-0.25, -0.2) is 14.2 Å². The molecule has 0 spiro atoms. The number of nitrogens with zero attached hydrogens (tertiary/aromatic N) is 2. The van der Waals surface area contributed by atoms with E-state index in [0.29, 0.717) is 18.6 Å². The molecular weight excluding hydrogens is 263 g/mol. The number of halogens is 1. The summed E-state index contributed by atoms with van der Waals surface area (Å²) in [6.07, 6.45) is 1.23. The predicted octanol–water partition coefficient (Wildman–Crippen LogP) is 2.42. The Morgan fingerprint density at radius 3 is 2.50 bits per heavy atom. The van der Waals surface area contributed by atoms with Crippen LogP contribution in [0.15, 0.2) is 12.3 Å². The van der Waals surface area contributed by atoms with Gasteiger partial charge in [0.2, 0.25) is 0 Å². The van der Waals surface area contributed by atoms with Crippen molar-refractivity contribution in [2.75, 3.05) is 13.2 Å². The van der Waals surface area contributed by atoms with Gasteiger partial charge in [-0.15, -0.1) is 0 Å². The van der Waals surface area contributed by atoms with Gasteiger partial charge >= 0.3 is 5.97 Å². The molecule has 0 radical (unpaired) electrons. The summed E-state index contributed by atoms with van der Waals surface area (Å²) in [6, 6.07) is 1.81. The lowest BCUT2D eigenvalue weighted by Gasteiger charge is -2.30. The van der Waals surface area contributed by atoms with Crippen LogP contribution in [0.5, 0.6) is 5.88 Å². The predicted molar refractivity (Wildman–Crippen MR) is 73.6 cm³/mol. The molecule has 0 unspecified atom stereocenters. The van der Waals surface area contributed by atoms with E-state index in [9.17, 15) is 9.18 Å². The Kier molecular flexibility index (Phi) is 5.88. The molecular formula is C14H21FN2O3. The van der Waals surface area contributed by atoms with Crippen molar-refractivity contribution in [3.05, 3.63) is 23.6 Å². The summed E-state index contributed by atoms with van der Waals surface area (Å²) < 4.78 is 19.1. The first-order chi connectivity index (χ1) is 9.34. The summed E-state index contributed by atoms with van der Waals surface area (Å²) in [5, 5.41) is 8.82. The lowest BCUT2D eigenvalue weighted by atomic mass is 10.2. The molecule has 20 heavy (non-hydrogen) atoms. The zero-order chi connectivity index (χ0) is 15.3. The number of hydrogen-bond acceptors (Lipinski definition) is 4. The average Bonchev–Trinajstić information content (AvgIpc) is 2.34. The van der Waals surface area contributed by atoms with E-state index in [2.05, 4.69) is 37.6 Å². The van der Waals surface area contributed by atoms with Crippen LogP contribution in [0, 0.1) is 5.82 Å². The molecule has 0 aliphatic heterocycles. The summed E-state index contributed by atoms with van der Waals surface area (Å²) in [7, 11) is 0. The molecule has 0 aliphatic rings. The highest BCUT2D eigenvalue weighted by Crippen LogP contribution is 2.17. The molecule has 0 saturated carbocycles. The smallest absolute Gasteiger partial charge is 0.338 e. The molecule has 6 heteroatoms. The summed E-state index contributed by atoms with van der Waals surface area (Å²) in [5.74, 6) is -2.53. The van der Waals surface area contributed by atoms with Gasteiger partial charge in [-0.3, -0.25) is 4.90 Å². The van der Waals surface area contributed by atoms with Gasteiger partial charge in [0.15, 0.2) is 5.82 Å². The number of carbonyl (C=O) groups is 1. The minimum atomic E-state index is -1.33. The van der Waals surface area contributed by atoms with Gasteiger partial charge in [0.1, 0.15) is 12.2 Å². The second-order valence-electron chi connectivity index (χ2n) is 5.06. The summed E-state index contributed by atoms with van der Waals surface area (Å²) >= 11 is 0. The van der Waals surface area contributed by atoms with Crippen molar-refractivity contribution in [3.8, 4) is 5.88 Å². The van der Waals surface area contributed by atoms with Crippen LogP contribution in [0.3, 0.4) is 0 Å². The highest BCUT2D eigenvalue weighted by molar-refractivity contribution is 5.88. The number of aromatic nitrogens is 1. The van der Waals surface area contributed by atoms with Crippen LogP contribution in [0.1, 0.15) is 38.1 Å². The molecule has 0 bridgehead atoms. The Balaban J connectivity index is 2.67. The number of carboxylic acid groups (broad SMARTS) is 1. The molecule has 1 heterocycles. The highest BCUT2D eigenvalue weighted by Gasteiger charge is 2.17. The number of rotatable bonds is 7. The molecule has 0 amide bonds. The Hall–Kier alpha value is -1.69. The Labute approximate surface area is 118 Å². The van der Waals surface area contributed by atoms with E-state index in [-0.39, 0.29) is 12.5 Å². The van der Waals surface area contributed by atoms with E-state index >= 15 is 0 Å². The van der Waals surface area contributed by atoms with Gasteiger partial charge in [-0.2, -0.15) is 0 Å². The van der Waals surface area contributed by atoms with Crippen molar-refractivity contribution in [3.63, 3.8) is 0 Å². The quantitative estimate of drug-likeness (QED) is 0.833. The van der Waals surface area contributed by atoms with Crippen LogP contribution in [0.2, 0.25) is 0 Å². The van der Waals surface area contributed by atoms with Crippen LogP contribution in [-0.2, 0) is 0 Å². The van der Waals surface area contributed by atoms with Crippen molar-refractivity contribution in [2.24, 2.45) is 0 Å². The van der Waals surface area contributed by atoms with Gasteiger partial charge in [0.25, 0.3) is 5.88 Å². The molecule has 1 aromatic rings. The molecule has 112 valence electrons. The second-order valence-corrected chi connectivity index (χ2v) is 5.06. The third kappa shape index (κ3) is 4.16. The molecule has 0 atom stereocenters. The average molecular weight is 284 g/mol. The van der Waals surface area contributed by atoms with E-state index < -0.39 is 17.3 Å². The first kappa shape index (κ1) is 16.4. The van der Waals surface area contributed by atoms with Crippen molar-refractivity contribution in [1.82, 2.24) is 9.88 Å². The number of hydrogen-bond donors (Lipinski definition) is 1. The molecule has 0 aromatic carbocycles. The third-order valence-corrected chi connectivity index (χ3v) is 3.00. The van der Waals surface area contributed by atoms with Gasteiger partial charge in [-0.1, -0.05) is 0 Å². The molecule has 1 N–H and O–H groups in total. The summed E-state index contributed by atoms with van der Waals surface area (Å²) in [5.41, 5.74) is -0.431.